The van der Waals surface area contributed by atoms with Gasteiger partial charge in [-0.05, 0) is 51.9 Å². The highest BCUT2D eigenvalue weighted by atomic mass is 79.9. The molecule has 1 heterocycles. The lowest BCUT2D eigenvalue weighted by molar-refractivity contribution is 0.412. The summed E-state index contributed by atoms with van der Waals surface area (Å²) in [6.45, 7) is 7.29. The van der Waals surface area contributed by atoms with Crippen LogP contribution in [-0.2, 0) is 6.42 Å². The van der Waals surface area contributed by atoms with Gasteiger partial charge in [-0.25, -0.2) is 9.37 Å². The Morgan fingerprint density at radius 1 is 1.33 bits per heavy atom. The van der Waals surface area contributed by atoms with Gasteiger partial charge in [-0.2, -0.15) is 0 Å². The fourth-order valence-electron chi connectivity index (χ4n) is 1.94. The lowest BCUT2D eigenvalue weighted by Crippen LogP contribution is -2.36. The Kier molecular flexibility index (Phi) is 5.17. The van der Waals surface area contributed by atoms with Crippen molar-refractivity contribution in [1.82, 2.24) is 10.3 Å². The minimum absolute atomic E-state index is 0.113. The van der Waals surface area contributed by atoms with Gasteiger partial charge in [0.25, 0.3) is 0 Å². The summed E-state index contributed by atoms with van der Waals surface area (Å²) in [5, 5.41) is 3.41. The number of oxazole rings is 1. The summed E-state index contributed by atoms with van der Waals surface area (Å²) in [5.74, 6) is 0.795. The van der Waals surface area contributed by atoms with Gasteiger partial charge < -0.3 is 9.73 Å². The van der Waals surface area contributed by atoms with Crippen molar-refractivity contribution in [1.29, 1.82) is 0 Å². The van der Waals surface area contributed by atoms with Crippen LogP contribution in [0.4, 0.5) is 4.39 Å². The van der Waals surface area contributed by atoms with Gasteiger partial charge in [0.1, 0.15) is 5.82 Å². The molecule has 0 spiro atoms. The van der Waals surface area contributed by atoms with E-state index in [0.717, 1.165) is 19.4 Å². The molecule has 0 unspecified atom stereocenters. The largest absolute Gasteiger partial charge is 0.441 e. The van der Waals surface area contributed by atoms with Crippen LogP contribution >= 0.6 is 15.9 Å². The number of halogens is 2. The van der Waals surface area contributed by atoms with E-state index >= 15 is 0 Å². The van der Waals surface area contributed by atoms with E-state index in [1.54, 1.807) is 18.3 Å². The minimum atomic E-state index is -0.318. The third kappa shape index (κ3) is 4.93. The Balaban J connectivity index is 1.95. The highest BCUT2D eigenvalue weighted by Gasteiger charge is 2.12. The SMILES string of the molecule is CC(C)(C)NCCCc1ncc(-c2ccc(Br)cc2F)o1. The lowest BCUT2D eigenvalue weighted by atomic mass is 10.1. The van der Waals surface area contributed by atoms with Crippen LogP contribution in [0.1, 0.15) is 33.1 Å². The minimum Gasteiger partial charge on any atom is -0.441 e. The van der Waals surface area contributed by atoms with Gasteiger partial charge in [-0.3, -0.25) is 0 Å². The maximum atomic E-state index is 13.9. The van der Waals surface area contributed by atoms with Crippen LogP contribution in [-0.4, -0.2) is 17.1 Å². The molecule has 0 bridgehead atoms. The fourth-order valence-corrected chi connectivity index (χ4v) is 2.28. The topological polar surface area (TPSA) is 38.1 Å². The molecule has 1 aromatic carbocycles. The summed E-state index contributed by atoms with van der Waals surface area (Å²) in [5.41, 5.74) is 0.548. The van der Waals surface area contributed by atoms with Crippen LogP contribution in [0.3, 0.4) is 0 Å². The first-order chi connectivity index (χ1) is 9.85. The van der Waals surface area contributed by atoms with E-state index in [1.807, 2.05) is 0 Å². The zero-order chi connectivity index (χ0) is 15.5. The van der Waals surface area contributed by atoms with Crippen LogP contribution < -0.4 is 5.32 Å². The summed E-state index contributed by atoms with van der Waals surface area (Å²) < 4.78 is 20.2. The van der Waals surface area contributed by atoms with Crippen LogP contribution in [0, 0.1) is 5.82 Å². The number of hydrogen-bond acceptors (Lipinski definition) is 3. The molecule has 0 atom stereocenters. The summed E-state index contributed by atoms with van der Waals surface area (Å²) in [6.07, 6.45) is 3.25. The Labute approximate surface area is 133 Å². The third-order valence-electron chi connectivity index (χ3n) is 2.97. The summed E-state index contributed by atoms with van der Waals surface area (Å²) in [4.78, 5) is 4.22. The second-order valence-electron chi connectivity index (χ2n) is 6.02. The number of nitrogens with zero attached hydrogens (tertiary/aromatic N) is 1. The van der Waals surface area contributed by atoms with Gasteiger partial charge in [-0.1, -0.05) is 15.9 Å². The van der Waals surface area contributed by atoms with Crippen molar-refractivity contribution in [3.63, 3.8) is 0 Å². The Bertz CT molecular complexity index is 605. The number of aryl methyl sites for hydroxylation is 1. The molecule has 3 nitrogen and oxygen atoms in total. The van der Waals surface area contributed by atoms with E-state index in [2.05, 4.69) is 47.0 Å². The van der Waals surface area contributed by atoms with Crippen molar-refractivity contribution in [2.24, 2.45) is 0 Å². The lowest BCUT2D eigenvalue weighted by Gasteiger charge is -2.20. The maximum Gasteiger partial charge on any atom is 0.194 e. The van der Waals surface area contributed by atoms with E-state index in [1.165, 1.54) is 6.07 Å². The molecule has 0 saturated heterocycles. The van der Waals surface area contributed by atoms with E-state index in [9.17, 15) is 4.39 Å². The Morgan fingerprint density at radius 2 is 2.10 bits per heavy atom. The molecule has 2 aromatic rings. The van der Waals surface area contributed by atoms with E-state index in [0.29, 0.717) is 21.7 Å². The van der Waals surface area contributed by atoms with E-state index in [-0.39, 0.29) is 11.4 Å². The van der Waals surface area contributed by atoms with Crippen molar-refractivity contribution in [2.45, 2.75) is 39.2 Å². The second kappa shape index (κ2) is 6.71. The molecule has 0 saturated carbocycles. The molecule has 5 heteroatoms. The number of benzene rings is 1. The summed E-state index contributed by atoms with van der Waals surface area (Å²) >= 11 is 3.24. The highest BCUT2D eigenvalue weighted by molar-refractivity contribution is 9.10. The first-order valence-corrected chi connectivity index (χ1v) is 7.79. The van der Waals surface area contributed by atoms with Crippen LogP contribution in [0.25, 0.3) is 11.3 Å². The Morgan fingerprint density at radius 3 is 2.76 bits per heavy atom. The van der Waals surface area contributed by atoms with Crippen LogP contribution in [0.5, 0.6) is 0 Å². The van der Waals surface area contributed by atoms with Gasteiger partial charge in [0.2, 0.25) is 0 Å². The highest BCUT2D eigenvalue weighted by Crippen LogP contribution is 2.26. The molecule has 0 aliphatic carbocycles. The van der Waals surface area contributed by atoms with Gasteiger partial charge in [-0.15, -0.1) is 0 Å². The maximum absolute atomic E-state index is 13.9. The average molecular weight is 355 g/mol. The van der Waals surface area contributed by atoms with Crippen molar-refractivity contribution in [3.8, 4) is 11.3 Å². The first kappa shape index (κ1) is 16.2. The molecule has 1 N–H and O–H groups in total. The first-order valence-electron chi connectivity index (χ1n) is 7.00. The predicted octanol–water partition coefficient (Wildman–Crippen LogP) is 4.56. The van der Waals surface area contributed by atoms with Gasteiger partial charge in [0.15, 0.2) is 11.7 Å². The van der Waals surface area contributed by atoms with Gasteiger partial charge in [0, 0.05) is 16.4 Å². The second-order valence-corrected chi connectivity index (χ2v) is 6.94. The normalized spacial score (nSPS) is 11.9. The van der Waals surface area contributed by atoms with Crippen molar-refractivity contribution < 1.29 is 8.81 Å². The number of nitrogens with one attached hydrogen (secondary N) is 1. The Hall–Kier alpha value is -1.20. The zero-order valence-corrected chi connectivity index (χ0v) is 14.1. The molecular formula is C16H20BrFN2O. The predicted molar refractivity (Wildman–Crippen MR) is 85.7 cm³/mol. The molecular weight excluding hydrogens is 335 g/mol. The average Bonchev–Trinajstić information content (AvgIpc) is 2.82. The molecule has 2 rings (SSSR count). The van der Waals surface area contributed by atoms with Crippen molar-refractivity contribution in [3.05, 3.63) is 40.6 Å². The van der Waals surface area contributed by atoms with Gasteiger partial charge in [0.05, 0.1) is 11.8 Å². The molecule has 1 aromatic heterocycles. The summed E-state index contributed by atoms with van der Waals surface area (Å²) in [7, 11) is 0. The summed E-state index contributed by atoms with van der Waals surface area (Å²) in [6, 6.07) is 4.89. The van der Waals surface area contributed by atoms with Crippen LogP contribution in [0.2, 0.25) is 0 Å². The van der Waals surface area contributed by atoms with Gasteiger partial charge >= 0.3 is 0 Å². The molecule has 0 radical (unpaired) electrons. The molecule has 114 valence electrons. The van der Waals surface area contributed by atoms with Crippen molar-refractivity contribution >= 4 is 15.9 Å². The molecule has 21 heavy (non-hydrogen) atoms. The van der Waals surface area contributed by atoms with E-state index < -0.39 is 0 Å². The molecule has 0 fully saturated rings. The molecule has 0 aliphatic rings. The zero-order valence-electron chi connectivity index (χ0n) is 12.5. The fraction of sp³-hybridized carbons (Fsp3) is 0.438. The van der Waals surface area contributed by atoms with Crippen molar-refractivity contribution in [2.75, 3.05) is 6.54 Å². The van der Waals surface area contributed by atoms with E-state index in [4.69, 9.17) is 4.42 Å². The monoisotopic (exact) mass is 354 g/mol. The number of aromatic nitrogens is 1. The smallest absolute Gasteiger partial charge is 0.194 e. The van der Waals surface area contributed by atoms with Crippen LogP contribution in [0.15, 0.2) is 33.3 Å². The molecule has 0 amide bonds. The quantitative estimate of drug-likeness (QED) is 0.799. The molecule has 0 aliphatic heterocycles. The number of rotatable bonds is 5. The standard InChI is InChI=1S/C16H20BrFN2O/c1-16(2,3)20-8-4-5-15-19-10-14(21-15)12-7-6-11(17)9-13(12)18/h6-7,9-10,20H,4-5,8H2,1-3H3. The third-order valence-corrected chi connectivity index (χ3v) is 3.47. The number of hydrogen-bond donors (Lipinski definition) is 1.